The van der Waals surface area contributed by atoms with Crippen molar-refractivity contribution < 1.29 is 4.79 Å². The summed E-state index contributed by atoms with van der Waals surface area (Å²) in [7, 11) is 4.04. The highest BCUT2D eigenvalue weighted by Crippen LogP contribution is 1.91. The maximum absolute atomic E-state index is 11.1. The molecule has 12 heavy (non-hydrogen) atoms. The number of carbonyl (C=O) groups is 1. The van der Waals surface area contributed by atoms with E-state index in [1.807, 2.05) is 27.9 Å². The van der Waals surface area contributed by atoms with Gasteiger partial charge in [-0.25, -0.2) is 0 Å². The van der Waals surface area contributed by atoms with Crippen molar-refractivity contribution in [2.45, 2.75) is 13.8 Å². The average Bonchev–Trinajstić information content (AvgIpc) is 1.97. The zero-order valence-corrected chi connectivity index (χ0v) is 8.55. The van der Waals surface area contributed by atoms with Gasteiger partial charge in [0, 0.05) is 19.0 Å². The highest BCUT2D eigenvalue weighted by Gasteiger charge is 2.05. The standard InChI is InChI=1S/C9H20N2O/c1-8(2)9(12)7-10-5-6-11(3)4/h8,10H,5-7H2,1-4H3. The Hall–Kier alpha value is -0.410. The minimum absolute atomic E-state index is 0.150. The first-order valence-corrected chi connectivity index (χ1v) is 4.42. The minimum Gasteiger partial charge on any atom is -0.309 e. The van der Waals surface area contributed by atoms with Crippen LogP contribution in [0.2, 0.25) is 0 Å². The summed E-state index contributed by atoms with van der Waals surface area (Å²) in [6.45, 7) is 6.22. The first kappa shape index (κ1) is 11.6. The van der Waals surface area contributed by atoms with Crippen molar-refractivity contribution >= 4 is 5.78 Å². The molecule has 0 atom stereocenters. The van der Waals surface area contributed by atoms with Crippen LogP contribution in [0.5, 0.6) is 0 Å². The predicted octanol–water partition coefficient (Wildman–Crippen LogP) is 0.363. The Morgan fingerprint density at radius 1 is 1.42 bits per heavy atom. The van der Waals surface area contributed by atoms with Crippen LogP contribution in [0.25, 0.3) is 0 Å². The van der Waals surface area contributed by atoms with Crippen LogP contribution in [0.15, 0.2) is 0 Å². The summed E-state index contributed by atoms with van der Waals surface area (Å²) >= 11 is 0. The van der Waals surface area contributed by atoms with E-state index < -0.39 is 0 Å². The quantitative estimate of drug-likeness (QED) is 0.587. The number of ketones is 1. The highest BCUT2D eigenvalue weighted by atomic mass is 16.1. The van der Waals surface area contributed by atoms with Gasteiger partial charge < -0.3 is 10.2 Å². The fraction of sp³-hybridized carbons (Fsp3) is 0.889. The maximum atomic E-state index is 11.1. The van der Waals surface area contributed by atoms with Crippen molar-refractivity contribution in [3.05, 3.63) is 0 Å². The van der Waals surface area contributed by atoms with Crippen molar-refractivity contribution in [3.63, 3.8) is 0 Å². The molecule has 0 aliphatic rings. The Morgan fingerprint density at radius 3 is 2.42 bits per heavy atom. The smallest absolute Gasteiger partial charge is 0.149 e. The van der Waals surface area contributed by atoms with Crippen LogP contribution in [-0.2, 0) is 4.79 Å². The molecule has 3 heteroatoms. The molecule has 0 rings (SSSR count). The SMILES string of the molecule is CC(C)C(=O)CNCCN(C)C. The molecular weight excluding hydrogens is 152 g/mol. The van der Waals surface area contributed by atoms with Crippen LogP contribution in [0.3, 0.4) is 0 Å². The zero-order valence-electron chi connectivity index (χ0n) is 8.55. The van der Waals surface area contributed by atoms with Crippen LogP contribution in [0.1, 0.15) is 13.8 Å². The van der Waals surface area contributed by atoms with Gasteiger partial charge in [0.25, 0.3) is 0 Å². The lowest BCUT2D eigenvalue weighted by Gasteiger charge is -2.10. The van der Waals surface area contributed by atoms with Crippen molar-refractivity contribution in [2.75, 3.05) is 33.7 Å². The summed E-state index contributed by atoms with van der Waals surface area (Å²) in [5, 5.41) is 3.11. The van der Waals surface area contributed by atoms with E-state index in [0.717, 1.165) is 13.1 Å². The number of nitrogens with one attached hydrogen (secondary N) is 1. The largest absolute Gasteiger partial charge is 0.309 e. The molecule has 72 valence electrons. The van der Waals surface area contributed by atoms with Gasteiger partial charge in [0.05, 0.1) is 6.54 Å². The number of nitrogens with zero attached hydrogens (tertiary/aromatic N) is 1. The Labute approximate surface area is 75.1 Å². The van der Waals surface area contributed by atoms with Gasteiger partial charge in [0.1, 0.15) is 5.78 Å². The predicted molar refractivity (Wildman–Crippen MR) is 51.3 cm³/mol. The fourth-order valence-electron chi connectivity index (χ4n) is 0.718. The Balaban J connectivity index is 3.26. The average molecular weight is 172 g/mol. The topological polar surface area (TPSA) is 32.3 Å². The van der Waals surface area contributed by atoms with Gasteiger partial charge in [-0.2, -0.15) is 0 Å². The lowest BCUT2D eigenvalue weighted by Crippen LogP contribution is -2.32. The molecule has 0 amide bonds. The summed E-state index contributed by atoms with van der Waals surface area (Å²) in [5.41, 5.74) is 0. The molecule has 0 saturated carbocycles. The molecule has 0 radical (unpaired) electrons. The van der Waals surface area contributed by atoms with Gasteiger partial charge in [-0.3, -0.25) is 4.79 Å². The Bertz CT molecular complexity index is 132. The molecule has 0 aromatic carbocycles. The number of hydrogen-bond acceptors (Lipinski definition) is 3. The summed E-state index contributed by atoms with van der Waals surface area (Å²) in [6, 6.07) is 0. The summed E-state index contributed by atoms with van der Waals surface area (Å²) in [6.07, 6.45) is 0. The fourth-order valence-corrected chi connectivity index (χ4v) is 0.718. The van der Waals surface area contributed by atoms with Crippen molar-refractivity contribution in [2.24, 2.45) is 5.92 Å². The molecule has 0 aliphatic carbocycles. The maximum Gasteiger partial charge on any atom is 0.149 e. The number of Topliss-reactive ketones (excluding diaryl/α,β-unsaturated/α-hetero) is 1. The number of likely N-dealkylation sites (N-methyl/N-ethyl adjacent to an activating group) is 1. The lowest BCUT2D eigenvalue weighted by molar-refractivity contribution is -0.121. The van der Waals surface area contributed by atoms with Crippen LogP contribution in [0.4, 0.5) is 0 Å². The van der Waals surface area contributed by atoms with Gasteiger partial charge in [-0.15, -0.1) is 0 Å². The van der Waals surface area contributed by atoms with E-state index in [1.54, 1.807) is 0 Å². The van der Waals surface area contributed by atoms with Crippen LogP contribution in [-0.4, -0.2) is 44.4 Å². The second-order valence-electron chi connectivity index (χ2n) is 3.60. The molecule has 3 nitrogen and oxygen atoms in total. The molecule has 1 N–H and O–H groups in total. The van der Waals surface area contributed by atoms with Gasteiger partial charge in [0.15, 0.2) is 0 Å². The minimum atomic E-state index is 0.150. The van der Waals surface area contributed by atoms with Gasteiger partial charge >= 0.3 is 0 Å². The van der Waals surface area contributed by atoms with Crippen molar-refractivity contribution in [1.29, 1.82) is 0 Å². The van der Waals surface area contributed by atoms with Gasteiger partial charge in [-0.1, -0.05) is 13.8 Å². The zero-order chi connectivity index (χ0) is 9.56. The molecule has 0 aromatic rings. The van der Waals surface area contributed by atoms with Crippen LogP contribution < -0.4 is 5.32 Å². The van der Waals surface area contributed by atoms with E-state index in [1.165, 1.54) is 0 Å². The summed E-state index contributed by atoms with van der Waals surface area (Å²) in [4.78, 5) is 13.2. The van der Waals surface area contributed by atoms with Crippen molar-refractivity contribution in [3.8, 4) is 0 Å². The summed E-state index contributed by atoms with van der Waals surface area (Å²) in [5.74, 6) is 0.436. The first-order chi connectivity index (χ1) is 5.54. The van der Waals surface area contributed by atoms with Gasteiger partial charge in [0.2, 0.25) is 0 Å². The van der Waals surface area contributed by atoms with E-state index in [-0.39, 0.29) is 11.7 Å². The molecular formula is C9H20N2O. The second-order valence-corrected chi connectivity index (χ2v) is 3.60. The Morgan fingerprint density at radius 2 is 2.00 bits per heavy atom. The molecule has 0 unspecified atom stereocenters. The van der Waals surface area contributed by atoms with E-state index in [0.29, 0.717) is 6.54 Å². The van der Waals surface area contributed by atoms with Crippen LogP contribution in [0, 0.1) is 5.92 Å². The molecule has 0 heterocycles. The second kappa shape index (κ2) is 6.14. The number of rotatable bonds is 6. The first-order valence-electron chi connectivity index (χ1n) is 4.42. The molecule has 0 bridgehead atoms. The molecule has 0 saturated heterocycles. The summed E-state index contributed by atoms with van der Waals surface area (Å²) < 4.78 is 0. The molecule has 0 spiro atoms. The van der Waals surface area contributed by atoms with E-state index in [4.69, 9.17) is 0 Å². The van der Waals surface area contributed by atoms with E-state index in [2.05, 4.69) is 10.2 Å². The van der Waals surface area contributed by atoms with E-state index in [9.17, 15) is 4.79 Å². The number of hydrogen-bond donors (Lipinski definition) is 1. The molecule has 0 aromatic heterocycles. The van der Waals surface area contributed by atoms with Crippen molar-refractivity contribution in [1.82, 2.24) is 10.2 Å². The highest BCUT2D eigenvalue weighted by molar-refractivity contribution is 5.82. The van der Waals surface area contributed by atoms with Gasteiger partial charge in [-0.05, 0) is 14.1 Å². The van der Waals surface area contributed by atoms with E-state index >= 15 is 0 Å². The monoisotopic (exact) mass is 172 g/mol. The normalized spacial score (nSPS) is 11.2. The Kier molecular flexibility index (Phi) is 5.93. The number of carbonyl (C=O) groups excluding carboxylic acids is 1. The molecule has 0 aliphatic heterocycles. The third kappa shape index (κ3) is 6.31. The third-order valence-corrected chi connectivity index (χ3v) is 1.68. The molecule has 0 fully saturated rings. The van der Waals surface area contributed by atoms with Crippen LogP contribution >= 0.6 is 0 Å². The lowest BCUT2D eigenvalue weighted by atomic mass is 10.1. The third-order valence-electron chi connectivity index (χ3n) is 1.68.